The van der Waals surface area contributed by atoms with Gasteiger partial charge >= 0.3 is 0 Å². The van der Waals surface area contributed by atoms with E-state index in [9.17, 15) is 0 Å². The van der Waals surface area contributed by atoms with Gasteiger partial charge in [-0.1, -0.05) is 117 Å². The highest BCUT2D eigenvalue weighted by atomic mass is 14.0. The zero-order valence-electron chi connectivity index (χ0n) is 31.6. The molecule has 0 aliphatic rings. The first kappa shape index (κ1) is 42.4. The topological polar surface area (TPSA) is 0 Å². The maximum atomic E-state index is 3.81. The molecule has 252 valence electrons. The van der Waals surface area contributed by atoms with Gasteiger partial charge in [0, 0.05) is 0 Å². The van der Waals surface area contributed by atoms with Crippen LogP contribution in [-0.2, 0) is 0 Å². The maximum Gasteiger partial charge on any atom is -0.0161 e. The number of allylic oxidation sites excluding steroid dienone is 19. The van der Waals surface area contributed by atoms with E-state index in [2.05, 4.69) is 131 Å². The summed E-state index contributed by atoms with van der Waals surface area (Å²) in [6.07, 6.45) is 40.9. The molecular weight excluding hydrogens is 540 g/mol. The average molecular weight is 613 g/mol. The van der Waals surface area contributed by atoms with Crippen LogP contribution in [0.15, 0.2) is 117 Å². The lowest BCUT2D eigenvalue weighted by molar-refractivity contribution is 0.881. The van der Waals surface area contributed by atoms with E-state index in [1.165, 1.54) is 108 Å². The molecule has 0 heteroatoms. The number of hydrogen-bond acceptors (Lipinski definition) is 0. The Morgan fingerprint density at radius 2 is 0.578 bits per heavy atom. The van der Waals surface area contributed by atoms with Crippen molar-refractivity contribution < 1.29 is 0 Å². The molecule has 0 amide bonds. The van der Waals surface area contributed by atoms with E-state index in [4.69, 9.17) is 0 Å². The fraction of sp³-hybridized carbons (Fsp3) is 0.556. The molecule has 0 aliphatic carbocycles. The summed E-state index contributed by atoms with van der Waals surface area (Å²) >= 11 is 0. The Kier molecular flexibility index (Phi) is 26.1. The summed E-state index contributed by atoms with van der Waals surface area (Å²) < 4.78 is 0. The van der Waals surface area contributed by atoms with Crippen LogP contribution in [0.5, 0.6) is 0 Å². The molecule has 0 aromatic rings. The molecule has 0 bridgehead atoms. The minimum atomic E-state index is 1.01. The van der Waals surface area contributed by atoms with Crippen molar-refractivity contribution in [2.45, 2.75) is 166 Å². The lowest BCUT2D eigenvalue weighted by Gasteiger charge is -2.04. The van der Waals surface area contributed by atoms with Gasteiger partial charge in [-0.15, -0.1) is 0 Å². The predicted octanol–water partition coefficient (Wildman–Crippen LogP) is 15.6. The van der Waals surface area contributed by atoms with Crippen LogP contribution in [0.2, 0.25) is 0 Å². The van der Waals surface area contributed by atoms with Gasteiger partial charge in [0.05, 0.1) is 0 Å². The number of rotatable bonds is 24. The second kappa shape index (κ2) is 27.7. The zero-order chi connectivity index (χ0) is 33.9. The second-order valence-electron chi connectivity index (χ2n) is 13.8. The third kappa shape index (κ3) is 28.6. The molecule has 0 rings (SSSR count). The Bertz CT molecular complexity index is 1110. The summed E-state index contributed by atoms with van der Waals surface area (Å²) in [7, 11) is 0. The van der Waals surface area contributed by atoms with Gasteiger partial charge in [-0.2, -0.15) is 0 Å². The summed E-state index contributed by atoms with van der Waals surface area (Å²) in [5.41, 5.74) is 13.3. The molecule has 0 nitrogen and oxygen atoms in total. The Labute approximate surface area is 282 Å². The fourth-order valence-corrected chi connectivity index (χ4v) is 5.11. The fourth-order valence-electron chi connectivity index (χ4n) is 5.11. The summed E-state index contributed by atoms with van der Waals surface area (Å²) in [5, 5.41) is 0. The SMILES string of the molecule is C=CC(C)=CCC=C(C)CCC=C(C)CCC=C(C)CCC=C(C)CCC=C(C)CCC=C(C)CCC=C(C)CCC=C(C)C. The highest BCUT2D eigenvalue weighted by molar-refractivity contribution is 5.16. The molecule has 0 saturated carbocycles. The van der Waals surface area contributed by atoms with Gasteiger partial charge in [0.2, 0.25) is 0 Å². The van der Waals surface area contributed by atoms with Crippen molar-refractivity contribution in [1.29, 1.82) is 0 Å². The first-order valence-electron chi connectivity index (χ1n) is 17.9. The van der Waals surface area contributed by atoms with Crippen LogP contribution in [0, 0.1) is 0 Å². The quantitative estimate of drug-likeness (QED) is 0.0751. The molecule has 0 radical (unpaired) electrons. The van der Waals surface area contributed by atoms with Gasteiger partial charge in [-0.05, 0) is 166 Å². The van der Waals surface area contributed by atoms with E-state index < -0.39 is 0 Å². The largest absolute Gasteiger partial charge is 0.0988 e. The standard InChI is InChI=1S/C45H72/c1-12-38(4)22-14-24-40(6)26-16-28-42(8)30-18-32-44(10)34-20-36-45(11)35-19-33-43(9)31-17-29-41(7)27-15-25-39(5)23-13-21-37(2)3/h12,21-22,24-25,28-29,32-33,36H,1,13-20,23,26-27,30-31,34-35H2,2-11H3. The van der Waals surface area contributed by atoms with Gasteiger partial charge in [-0.3, -0.25) is 0 Å². The van der Waals surface area contributed by atoms with Crippen molar-refractivity contribution in [3.05, 3.63) is 117 Å². The van der Waals surface area contributed by atoms with E-state index in [0.29, 0.717) is 0 Å². The van der Waals surface area contributed by atoms with Gasteiger partial charge in [-0.25, -0.2) is 0 Å². The third-order valence-corrected chi connectivity index (χ3v) is 8.51. The lowest BCUT2D eigenvalue weighted by atomic mass is 10.0. The molecule has 0 N–H and O–H groups in total. The summed E-state index contributed by atoms with van der Waals surface area (Å²) in [6, 6.07) is 0. The van der Waals surface area contributed by atoms with Crippen molar-refractivity contribution in [2.75, 3.05) is 0 Å². The highest BCUT2D eigenvalue weighted by Gasteiger charge is 1.97. The summed E-state index contributed by atoms with van der Waals surface area (Å²) in [6.45, 7) is 26.3. The third-order valence-electron chi connectivity index (χ3n) is 8.51. The van der Waals surface area contributed by atoms with Crippen LogP contribution in [0.4, 0.5) is 0 Å². The molecule has 0 aliphatic heterocycles. The molecule has 0 unspecified atom stereocenters. The van der Waals surface area contributed by atoms with Crippen molar-refractivity contribution in [2.24, 2.45) is 0 Å². The van der Waals surface area contributed by atoms with E-state index in [-0.39, 0.29) is 0 Å². The Morgan fingerprint density at radius 3 is 0.822 bits per heavy atom. The van der Waals surface area contributed by atoms with Crippen molar-refractivity contribution >= 4 is 0 Å². The summed E-state index contributed by atoms with van der Waals surface area (Å²) in [5.74, 6) is 0. The predicted molar refractivity (Wildman–Crippen MR) is 209 cm³/mol. The molecule has 0 spiro atoms. The Morgan fingerprint density at radius 1 is 0.333 bits per heavy atom. The normalized spacial score (nSPS) is 14.7. The van der Waals surface area contributed by atoms with Gasteiger partial charge in [0.1, 0.15) is 0 Å². The van der Waals surface area contributed by atoms with E-state index in [1.807, 2.05) is 6.08 Å². The highest BCUT2D eigenvalue weighted by Crippen LogP contribution is 2.17. The van der Waals surface area contributed by atoms with Crippen LogP contribution in [-0.4, -0.2) is 0 Å². The molecule has 0 fully saturated rings. The minimum absolute atomic E-state index is 1.01. The summed E-state index contributed by atoms with van der Waals surface area (Å²) in [4.78, 5) is 0. The smallest absolute Gasteiger partial charge is 0.0161 e. The van der Waals surface area contributed by atoms with Crippen LogP contribution in [0.1, 0.15) is 166 Å². The molecule has 0 aromatic carbocycles. The van der Waals surface area contributed by atoms with Crippen molar-refractivity contribution in [3.8, 4) is 0 Å². The van der Waals surface area contributed by atoms with Crippen LogP contribution in [0.3, 0.4) is 0 Å². The Balaban J connectivity index is 4.23. The minimum Gasteiger partial charge on any atom is -0.0988 e. The van der Waals surface area contributed by atoms with Gasteiger partial charge in [0.25, 0.3) is 0 Å². The molecule has 0 heterocycles. The molecule has 0 saturated heterocycles. The van der Waals surface area contributed by atoms with Crippen molar-refractivity contribution in [3.63, 3.8) is 0 Å². The molecular formula is C45H72. The van der Waals surface area contributed by atoms with E-state index in [1.54, 1.807) is 0 Å². The molecule has 45 heavy (non-hydrogen) atoms. The van der Waals surface area contributed by atoms with Crippen molar-refractivity contribution in [1.82, 2.24) is 0 Å². The molecule has 0 atom stereocenters. The second-order valence-corrected chi connectivity index (χ2v) is 13.8. The maximum absolute atomic E-state index is 3.81. The number of hydrogen-bond donors (Lipinski definition) is 0. The van der Waals surface area contributed by atoms with Gasteiger partial charge in [0.15, 0.2) is 0 Å². The lowest BCUT2D eigenvalue weighted by Crippen LogP contribution is -1.84. The van der Waals surface area contributed by atoms with Crippen LogP contribution < -0.4 is 0 Å². The van der Waals surface area contributed by atoms with E-state index in [0.717, 1.165) is 38.5 Å². The first-order valence-corrected chi connectivity index (χ1v) is 17.9. The Hall–Kier alpha value is -2.60. The average Bonchev–Trinajstić information content (AvgIpc) is 2.96. The van der Waals surface area contributed by atoms with E-state index >= 15 is 0 Å². The molecule has 0 aromatic heterocycles. The van der Waals surface area contributed by atoms with Crippen LogP contribution in [0.25, 0.3) is 0 Å². The first-order chi connectivity index (χ1) is 21.4. The van der Waals surface area contributed by atoms with Crippen LogP contribution >= 0.6 is 0 Å². The monoisotopic (exact) mass is 613 g/mol. The van der Waals surface area contributed by atoms with Gasteiger partial charge < -0.3 is 0 Å². The zero-order valence-corrected chi connectivity index (χ0v) is 31.6.